The third kappa shape index (κ3) is 4.55. The predicted octanol–water partition coefficient (Wildman–Crippen LogP) is 3.71. The normalized spacial score (nSPS) is 19.3. The van der Waals surface area contributed by atoms with Crippen molar-refractivity contribution >= 4 is 23.4 Å². The van der Waals surface area contributed by atoms with E-state index in [4.69, 9.17) is 11.6 Å². The molecule has 136 valence electrons. The summed E-state index contributed by atoms with van der Waals surface area (Å²) in [7, 11) is 0. The van der Waals surface area contributed by atoms with Crippen LogP contribution in [0, 0.1) is 6.92 Å². The summed E-state index contributed by atoms with van der Waals surface area (Å²) in [6.45, 7) is 2.02. The summed E-state index contributed by atoms with van der Waals surface area (Å²) < 4.78 is 0. The van der Waals surface area contributed by atoms with Crippen LogP contribution in [0.2, 0.25) is 0 Å². The van der Waals surface area contributed by atoms with Gasteiger partial charge in [-0.05, 0) is 38.2 Å². The Morgan fingerprint density at radius 2 is 1.76 bits per heavy atom. The second kappa shape index (κ2) is 8.22. The summed E-state index contributed by atoms with van der Waals surface area (Å²) in [5.74, 6) is -0.315. The zero-order chi connectivity index (χ0) is 17.8. The Hall–Kier alpha value is -1.55. The van der Waals surface area contributed by atoms with Crippen LogP contribution in [0.15, 0.2) is 24.3 Å². The van der Waals surface area contributed by atoms with E-state index in [0.717, 1.165) is 49.7 Å². The Morgan fingerprint density at radius 3 is 2.32 bits per heavy atom. The van der Waals surface area contributed by atoms with Gasteiger partial charge in [-0.25, -0.2) is 0 Å². The first-order valence-corrected chi connectivity index (χ1v) is 9.87. The molecule has 0 unspecified atom stereocenters. The molecule has 1 aromatic rings. The van der Waals surface area contributed by atoms with Crippen LogP contribution < -0.4 is 5.32 Å². The number of amides is 2. The van der Waals surface area contributed by atoms with Gasteiger partial charge in [-0.15, -0.1) is 11.6 Å². The highest BCUT2D eigenvalue weighted by molar-refractivity contribution is 6.27. The highest BCUT2D eigenvalue weighted by atomic mass is 35.5. The largest absolute Gasteiger partial charge is 0.351 e. The molecule has 2 aliphatic carbocycles. The Labute approximate surface area is 154 Å². The Kier molecular flexibility index (Phi) is 6.00. The average Bonchev–Trinajstić information content (AvgIpc) is 3.45. The van der Waals surface area contributed by atoms with Crippen molar-refractivity contribution in [2.75, 3.05) is 5.88 Å². The number of carbonyl (C=O) groups excluding carboxylic acids is 2. The maximum atomic E-state index is 13.1. The van der Waals surface area contributed by atoms with Gasteiger partial charge in [0, 0.05) is 12.1 Å². The van der Waals surface area contributed by atoms with Crippen LogP contribution in [0.25, 0.3) is 0 Å². The number of alkyl halides is 1. The van der Waals surface area contributed by atoms with E-state index in [1.54, 1.807) is 4.90 Å². The van der Waals surface area contributed by atoms with Crippen molar-refractivity contribution < 1.29 is 9.59 Å². The molecule has 2 aliphatic rings. The van der Waals surface area contributed by atoms with E-state index in [0.29, 0.717) is 0 Å². The SMILES string of the molecule is Cc1ccc([C@@H](C(=O)NC2CCCCC2)N(C(=O)CCl)C2CC2)cc1. The van der Waals surface area contributed by atoms with Gasteiger partial charge in [0.2, 0.25) is 11.8 Å². The fraction of sp³-hybridized carbons (Fsp3) is 0.600. The van der Waals surface area contributed by atoms with Crippen molar-refractivity contribution in [2.45, 2.75) is 70.0 Å². The molecule has 1 aromatic carbocycles. The second-order valence-corrected chi connectivity index (χ2v) is 7.59. The summed E-state index contributed by atoms with van der Waals surface area (Å²) in [4.78, 5) is 27.3. The highest BCUT2D eigenvalue weighted by Gasteiger charge is 2.41. The molecule has 0 radical (unpaired) electrons. The number of nitrogens with one attached hydrogen (secondary N) is 1. The molecular weight excluding hydrogens is 336 g/mol. The van der Waals surface area contributed by atoms with Crippen LogP contribution in [-0.4, -0.2) is 34.7 Å². The molecule has 0 spiro atoms. The zero-order valence-corrected chi connectivity index (χ0v) is 15.6. The third-order valence-electron chi connectivity index (χ3n) is 5.21. The lowest BCUT2D eigenvalue weighted by molar-refractivity contribution is -0.140. The minimum absolute atomic E-state index is 0.0684. The molecule has 0 bridgehead atoms. The molecule has 3 rings (SSSR count). The first kappa shape index (κ1) is 18.2. The highest BCUT2D eigenvalue weighted by Crippen LogP contribution is 2.35. The van der Waals surface area contributed by atoms with Gasteiger partial charge in [-0.1, -0.05) is 49.1 Å². The van der Waals surface area contributed by atoms with Gasteiger partial charge in [0.15, 0.2) is 0 Å². The fourth-order valence-corrected chi connectivity index (χ4v) is 3.83. The van der Waals surface area contributed by atoms with E-state index in [2.05, 4.69) is 5.32 Å². The Bertz CT molecular complexity index is 607. The lowest BCUT2D eigenvalue weighted by atomic mass is 9.94. The summed E-state index contributed by atoms with van der Waals surface area (Å²) in [5.41, 5.74) is 2.00. The Morgan fingerprint density at radius 1 is 1.12 bits per heavy atom. The standard InChI is InChI=1S/C20H27ClN2O2/c1-14-7-9-15(10-8-14)19(23(17-11-12-17)18(24)13-21)20(25)22-16-5-3-2-4-6-16/h7-10,16-17,19H,2-6,11-13H2,1H3,(H,22,25)/t19-/m0/s1. The summed E-state index contributed by atoms with van der Waals surface area (Å²) >= 11 is 5.85. The van der Waals surface area contributed by atoms with Gasteiger partial charge in [-0.3, -0.25) is 9.59 Å². The number of carbonyl (C=O) groups is 2. The first-order chi connectivity index (χ1) is 12.1. The lowest BCUT2D eigenvalue weighted by Crippen LogP contribution is -2.48. The van der Waals surface area contributed by atoms with Crippen LogP contribution in [0.4, 0.5) is 0 Å². The lowest BCUT2D eigenvalue weighted by Gasteiger charge is -2.33. The van der Waals surface area contributed by atoms with Crippen molar-refractivity contribution in [1.82, 2.24) is 10.2 Å². The maximum absolute atomic E-state index is 13.1. The van der Waals surface area contributed by atoms with E-state index in [9.17, 15) is 9.59 Å². The third-order valence-corrected chi connectivity index (χ3v) is 5.44. The van der Waals surface area contributed by atoms with Crippen LogP contribution in [0.1, 0.15) is 62.1 Å². The van der Waals surface area contributed by atoms with E-state index in [-0.39, 0.29) is 29.8 Å². The average molecular weight is 363 g/mol. The maximum Gasteiger partial charge on any atom is 0.247 e. The van der Waals surface area contributed by atoms with E-state index < -0.39 is 6.04 Å². The zero-order valence-electron chi connectivity index (χ0n) is 14.8. The molecule has 2 saturated carbocycles. The van der Waals surface area contributed by atoms with E-state index in [1.807, 2.05) is 31.2 Å². The summed E-state index contributed by atoms with van der Waals surface area (Å²) in [6.07, 6.45) is 7.51. The number of aryl methyl sites for hydroxylation is 1. The molecule has 1 atom stereocenters. The number of benzene rings is 1. The summed E-state index contributed by atoms with van der Waals surface area (Å²) in [5, 5.41) is 3.20. The molecule has 2 fully saturated rings. The van der Waals surface area contributed by atoms with Crippen LogP contribution in [0.5, 0.6) is 0 Å². The number of hydrogen-bond donors (Lipinski definition) is 1. The van der Waals surface area contributed by atoms with Gasteiger partial charge in [-0.2, -0.15) is 0 Å². The van der Waals surface area contributed by atoms with Crippen LogP contribution in [0.3, 0.4) is 0 Å². The Balaban J connectivity index is 1.85. The van der Waals surface area contributed by atoms with Crippen molar-refractivity contribution in [3.63, 3.8) is 0 Å². The number of halogens is 1. The molecule has 2 amide bonds. The minimum atomic E-state index is -0.582. The smallest absolute Gasteiger partial charge is 0.247 e. The van der Waals surface area contributed by atoms with Crippen molar-refractivity contribution in [2.24, 2.45) is 0 Å². The number of hydrogen-bond acceptors (Lipinski definition) is 2. The van der Waals surface area contributed by atoms with Gasteiger partial charge in [0.1, 0.15) is 11.9 Å². The van der Waals surface area contributed by atoms with Crippen molar-refractivity contribution in [3.05, 3.63) is 35.4 Å². The number of nitrogens with zero attached hydrogens (tertiary/aromatic N) is 1. The molecule has 0 aliphatic heterocycles. The minimum Gasteiger partial charge on any atom is -0.351 e. The summed E-state index contributed by atoms with van der Waals surface area (Å²) in [6, 6.07) is 7.67. The van der Waals surface area contributed by atoms with Gasteiger partial charge in [0.25, 0.3) is 0 Å². The fourth-order valence-electron chi connectivity index (χ4n) is 3.69. The van der Waals surface area contributed by atoms with E-state index >= 15 is 0 Å². The monoisotopic (exact) mass is 362 g/mol. The second-order valence-electron chi connectivity index (χ2n) is 7.32. The first-order valence-electron chi connectivity index (χ1n) is 9.34. The van der Waals surface area contributed by atoms with Gasteiger partial charge >= 0.3 is 0 Å². The van der Waals surface area contributed by atoms with Crippen molar-refractivity contribution in [3.8, 4) is 0 Å². The van der Waals surface area contributed by atoms with Gasteiger partial charge < -0.3 is 10.2 Å². The van der Waals surface area contributed by atoms with Crippen LogP contribution >= 0.6 is 11.6 Å². The molecule has 5 heteroatoms. The molecule has 4 nitrogen and oxygen atoms in total. The van der Waals surface area contributed by atoms with Crippen molar-refractivity contribution in [1.29, 1.82) is 0 Å². The quantitative estimate of drug-likeness (QED) is 0.784. The van der Waals surface area contributed by atoms with E-state index in [1.165, 1.54) is 6.42 Å². The topological polar surface area (TPSA) is 49.4 Å². The molecule has 25 heavy (non-hydrogen) atoms. The molecule has 0 aromatic heterocycles. The molecule has 0 saturated heterocycles. The molecule has 1 N–H and O–H groups in total. The number of rotatable bonds is 6. The van der Waals surface area contributed by atoms with Crippen LogP contribution in [-0.2, 0) is 9.59 Å². The molecule has 0 heterocycles. The molecular formula is C20H27ClN2O2. The van der Waals surface area contributed by atoms with Gasteiger partial charge in [0.05, 0.1) is 0 Å². The predicted molar refractivity (Wildman–Crippen MR) is 99.5 cm³/mol.